The topological polar surface area (TPSA) is 26.2 Å². The number of rotatable bonds is 1. The maximum atomic E-state index is 6.05. The quantitative estimate of drug-likeness (QED) is 0.857. The Bertz CT molecular complexity index is 556. The van der Waals surface area contributed by atoms with Crippen LogP contribution in [-0.4, -0.2) is 24.3 Å². The Morgan fingerprint density at radius 1 is 1.44 bits per heavy atom. The molecule has 1 atom stereocenters. The van der Waals surface area contributed by atoms with Crippen molar-refractivity contribution < 1.29 is 4.74 Å². The maximum absolute atomic E-state index is 6.05. The van der Waals surface area contributed by atoms with Gasteiger partial charge in [0.15, 0.2) is 0 Å². The van der Waals surface area contributed by atoms with E-state index in [0.29, 0.717) is 0 Å². The highest BCUT2D eigenvalue weighted by molar-refractivity contribution is 6.31. The second-order valence-corrected chi connectivity index (χ2v) is 5.21. The monoisotopic (exact) mass is 264 g/mol. The summed E-state index contributed by atoms with van der Waals surface area (Å²) < 4.78 is 8.05. The molecule has 0 aliphatic carbocycles. The van der Waals surface area contributed by atoms with Crippen molar-refractivity contribution in [3.8, 4) is 0 Å². The first-order valence-electron chi connectivity index (χ1n) is 6.32. The Kier molecular flexibility index (Phi) is 3.29. The third kappa shape index (κ3) is 2.14. The van der Waals surface area contributed by atoms with Crippen molar-refractivity contribution in [2.45, 2.75) is 12.5 Å². The zero-order valence-corrected chi connectivity index (χ0v) is 11.2. The minimum Gasteiger partial charge on any atom is -0.372 e. The van der Waals surface area contributed by atoms with Crippen molar-refractivity contribution in [3.05, 3.63) is 35.0 Å². The molecule has 0 amide bonds. The van der Waals surface area contributed by atoms with Crippen molar-refractivity contribution in [2.24, 2.45) is 7.05 Å². The molecule has 0 radical (unpaired) electrons. The number of nitrogens with one attached hydrogen (secondary N) is 1. The zero-order chi connectivity index (χ0) is 12.5. The molecular weight excluding hydrogens is 248 g/mol. The summed E-state index contributed by atoms with van der Waals surface area (Å²) in [4.78, 5) is 0. The molecule has 1 aliphatic rings. The fourth-order valence-corrected chi connectivity index (χ4v) is 2.73. The number of hydrogen-bond acceptors (Lipinski definition) is 2. The summed E-state index contributed by atoms with van der Waals surface area (Å²) in [7, 11) is 2.05. The minimum atomic E-state index is 0.136. The van der Waals surface area contributed by atoms with Crippen LogP contribution < -0.4 is 5.32 Å². The van der Waals surface area contributed by atoms with Crippen LogP contribution >= 0.6 is 11.6 Å². The smallest absolute Gasteiger partial charge is 0.0969 e. The largest absolute Gasteiger partial charge is 0.372 e. The van der Waals surface area contributed by atoms with Crippen LogP contribution in [0.4, 0.5) is 0 Å². The highest BCUT2D eigenvalue weighted by Crippen LogP contribution is 2.30. The van der Waals surface area contributed by atoms with E-state index in [9.17, 15) is 0 Å². The Labute approximate surface area is 112 Å². The Morgan fingerprint density at radius 3 is 3.22 bits per heavy atom. The number of fused-ring (bicyclic) bond motifs is 1. The summed E-state index contributed by atoms with van der Waals surface area (Å²) >= 11 is 6.05. The average molecular weight is 265 g/mol. The molecule has 3 nitrogen and oxygen atoms in total. The molecule has 1 saturated heterocycles. The van der Waals surface area contributed by atoms with Crippen molar-refractivity contribution >= 4 is 22.5 Å². The van der Waals surface area contributed by atoms with E-state index in [4.69, 9.17) is 16.3 Å². The maximum Gasteiger partial charge on any atom is 0.0969 e. The summed E-state index contributed by atoms with van der Waals surface area (Å²) in [5.41, 5.74) is 2.41. The standard InChI is InChI=1S/C14H17ClN2O/c1-17-9-12(14-8-16-5-2-6-18-14)11-4-3-10(15)7-13(11)17/h3-4,7,9,14,16H,2,5-6,8H2,1H3. The second kappa shape index (κ2) is 4.92. The first-order chi connectivity index (χ1) is 8.75. The number of nitrogens with zero attached hydrogens (tertiary/aromatic N) is 1. The van der Waals surface area contributed by atoms with Gasteiger partial charge in [-0.25, -0.2) is 0 Å². The van der Waals surface area contributed by atoms with Crippen LogP contribution in [0.2, 0.25) is 5.02 Å². The molecule has 0 spiro atoms. The minimum absolute atomic E-state index is 0.136. The normalized spacial score (nSPS) is 21.1. The number of benzene rings is 1. The number of aryl methyl sites for hydroxylation is 1. The lowest BCUT2D eigenvalue weighted by Crippen LogP contribution is -2.19. The van der Waals surface area contributed by atoms with E-state index in [1.165, 1.54) is 10.9 Å². The van der Waals surface area contributed by atoms with Crippen LogP contribution in [-0.2, 0) is 11.8 Å². The molecule has 18 heavy (non-hydrogen) atoms. The molecule has 3 rings (SSSR count). The highest BCUT2D eigenvalue weighted by atomic mass is 35.5. The van der Waals surface area contributed by atoms with Gasteiger partial charge in [-0.05, 0) is 25.1 Å². The first-order valence-corrected chi connectivity index (χ1v) is 6.70. The molecule has 2 aromatic rings. The molecule has 1 fully saturated rings. The van der Waals surface area contributed by atoms with E-state index in [2.05, 4.69) is 22.1 Å². The van der Waals surface area contributed by atoms with Gasteiger partial charge in [0.2, 0.25) is 0 Å². The van der Waals surface area contributed by atoms with Gasteiger partial charge in [0.05, 0.1) is 6.10 Å². The number of halogens is 1. The summed E-state index contributed by atoms with van der Waals surface area (Å²) in [6, 6.07) is 6.03. The van der Waals surface area contributed by atoms with E-state index in [0.717, 1.165) is 36.7 Å². The summed E-state index contributed by atoms with van der Waals surface area (Å²) in [5.74, 6) is 0. The van der Waals surface area contributed by atoms with E-state index in [1.807, 2.05) is 19.2 Å². The summed E-state index contributed by atoms with van der Waals surface area (Å²) in [6.07, 6.45) is 3.36. The van der Waals surface area contributed by atoms with E-state index in [1.54, 1.807) is 0 Å². The van der Waals surface area contributed by atoms with Gasteiger partial charge in [0.25, 0.3) is 0 Å². The lowest BCUT2D eigenvalue weighted by atomic mass is 10.1. The molecule has 2 heterocycles. The van der Waals surface area contributed by atoms with Gasteiger partial charge in [-0.2, -0.15) is 0 Å². The van der Waals surface area contributed by atoms with Crippen molar-refractivity contribution in [3.63, 3.8) is 0 Å². The van der Waals surface area contributed by atoms with Gasteiger partial charge < -0.3 is 14.6 Å². The van der Waals surface area contributed by atoms with Crippen LogP contribution in [0.5, 0.6) is 0 Å². The molecule has 96 valence electrons. The number of aromatic nitrogens is 1. The lowest BCUT2D eigenvalue weighted by molar-refractivity contribution is 0.0678. The van der Waals surface area contributed by atoms with Crippen LogP contribution in [0.1, 0.15) is 18.1 Å². The Hall–Kier alpha value is -1.03. The fraction of sp³-hybridized carbons (Fsp3) is 0.429. The summed E-state index contributed by atoms with van der Waals surface area (Å²) in [5, 5.41) is 5.43. The molecule has 1 aromatic heterocycles. The molecule has 4 heteroatoms. The first kappa shape index (κ1) is 12.0. The van der Waals surface area contributed by atoms with Gasteiger partial charge in [0.1, 0.15) is 0 Å². The van der Waals surface area contributed by atoms with Crippen LogP contribution in [0.15, 0.2) is 24.4 Å². The van der Waals surface area contributed by atoms with Crippen LogP contribution in [0, 0.1) is 0 Å². The third-order valence-corrected chi connectivity index (χ3v) is 3.71. The average Bonchev–Trinajstić information content (AvgIpc) is 2.58. The van der Waals surface area contributed by atoms with Gasteiger partial charge in [0, 0.05) is 47.9 Å². The van der Waals surface area contributed by atoms with E-state index in [-0.39, 0.29) is 6.10 Å². The van der Waals surface area contributed by atoms with E-state index >= 15 is 0 Å². The lowest BCUT2D eigenvalue weighted by Gasteiger charge is -2.14. The van der Waals surface area contributed by atoms with Gasteiger partial charge >= 0.3 is 0 Å². The van der Waals surface area contributed by atoms with Crippen LogP contribution in [0.3, 0.4) is 0 Å². The molecule has 1 N–H and O–H groups in total. The SMILES string of the molecule is Cn1cc(C2CNCCCO2)c2ccc(Cl)cc21. The van der Waals surface area contributed by atoms with E-state index < -0.39 is 0 Å². The highest BCUT2D eigenvalue weighted by Gasteiger charge is 2.19. The Morgan fingerprint density at radius 2 is 2.33 bits per heavy atom. The molecule has 0 bridgehead atoms. The number of hydrogen-bond donors (Lipinski definition) is 1. The predicted octanol–water partition coefficient (Wildman–Crippen LogP) is 2.88. The third-order valence-electron chi connectivity index (χ3n) is 3.48. The van der Waals surface area contributed by atoms with Crippen LogP contribution in [0.25, 0.3) is 10.9 Å². The zero-order valence-electron chi connectivity index (χ0n) is 10.4. The predicted molar refractivity (Wildman–Crippen MR) is 74.1 cm³/mol. The van der Waals surface area contributed by atoms with Gasteiger partial charge in [-0.1, -0.05) is 17.7 Å². The van der Waals surface area contributed by atoms with Crippen molar-refractivity contribution in [1.82, 2.24) is 9.88 Å². The van der Waals surface area contributed by atoms with Gasteiger partial charge in [-0.3, -0.25) is 0 Å². The van der Waals surface area contributed by atoms with Crippen molar-refractivity contribution in [2.75, 3.05) is 19.7 Å². The fourth-order valence-electron chi connectivity index (χ4n) is 2.56. The summed E-state index contributed by atoms with van der Waals surface area (Å²) in [6.45, 7) is 2.73. The molecule has 0 saturated carbocycles. The molecular formula is C14H17ClN2O. The Balaban J connectivity index is 2.05. The van der Waals surface area contributed by atoms with Gasteiger partial charge in [-0.15, -0.1) is 0 Å². The molecule has 1 aliphatic heterocycles. The molecule has 1 aromatic carbocycles. The van der Waals surface area contributed by atoms with Crippen molar-refractivity contribution in [1.29, 1.82) is 0 Å². The second-order valence-electron chi connectivity index (χ2n) is 4.77. The molecule has 1 unspecified atom stereocenters. The number of ether oxygens (including phenoxy) is 1.